The van der Waals surface area contributed by atoms with Crippen molar-refractivity contribution in [2.24, 2.45) is 0 Å². The van der Waals surface area contributed by atoms with Gasteiger partial charge in [0.25, 0.3) is 0 Å². The van der Waals surface area contributed by atoms with E-state index in [1.165, 1.54) is 29.2 Å². The molecule has 2 aromatic carbocycles. The molecule has 0 fully saturated rings. The van der Waals surface area contributed by atoms with Crippen LogP contribution in [0.3, 0.4) is 0 Å². The van der Waals surface area contributed by atoms with Gasteiger partial charge in [-0.2, -0.15) is 0 Å². The molecule has 0 amide bonds. The van der Waals surface area contributed by atoms with Crippen LogP contribution in [-0.2, 0) is 11.3 Å². The predicted octanol–water partition coefficient (Wildman–Crippen LogP) is 6.43. The Labute approximate surface area is 168 Å². The number of rotatable bonds is 5. The van der Waals surface area contributed by atoms with E-state index in [1.54, 1.807) is 13.0 Å². The largest absolute Gasteiger partial charge is 0.488 e. The quantitative estimate of drug-likeness (QED) is 0.483. The molecule has 1 aliphatic rings. The van der Waals surface area contributed by atoms with Crippen molar-refractivity contribution in [1.29, 1.82) is 0 Å². The summed E-state index contributed by atoms with van der Waals surface area (Å²) in [5.74, 6) is -2.39. The number of benzene rings is 2. The van der Waals surface area contributed by atoms with Crippen molar-refractivity contribution >= 4 is 27.7 Å². The number of allylic oxidation sites excluding steroid dienone is 2. The normalized spacial score (nSPS) is 14.2. The molecule has 3 rings (SSSR count). The van der Waals surface area contributed by atoms with Crippen molar-refractivity contribution < 1.29 is 22.3 Å². The van der Waals surface area contributed by atoms with Crippen molar-refractivity contribution in [3.05, 3.63) is 93.3 Å². The lowest BCUT2D eigenvalue weighted by Gasteiger charge is -2.30. The van der Waals surface area contributed by atoms with Crippen LogP contribution >= 0.6 is 15.9 Å². The van der Waals surface area contributed by atoms with Crippen LogP contribution in [0.2, 0.25) is 0 Å². The van der Waals surface area contributed by atoms with Gasteiger partial charge in [0.2, 0.25) is 0 Å². The third kappa shape index (κ3) is 4.14. The first-order chi connectivity index (χ1) is 13.3. The van der Waals surface area contributed by atoms with Gasteiger partial charge in [-0.3, -0.25) is 0 Å². The number of anilines is 1. The molecule has 1 aliphatic heterocycles. The molecule has 7 heteroatoms. The van der Waals surface area contributed by atoms with E-state index in [2.05, 4.69) is 22.5 Å². The zero-order valence-corrected chi connectivity index (χ0v) is 16.5. The van der Waals surface area contributed by atoms with Crippen LogP contribution in [0.15, 0.2) is 58.9 Å². The Morgan fingerprint density at radius 3 is 2.39 bits per heavy atom. The van der Waals surface area contributed by atoms with Gasteiger partial charge in [-0.1, -0.05) is 12.7 Å². The smallest absolute Gasteiger partial charge is 0.150 e. The lowest BCUT2D eigenvalue weighted by molar-refractivity contribution is 0.204. The van der Waals surface area contributed by atoms with Gasteiger partial charge in [-0.05, 0) is 52.7 Å². The van der Waals surface area contributed by atoms with Crippen LogP contribution in [0.4, 0.5) is 23.2 Å². The number of ether oxygens (including phenoxy) is 1. The highest BCUT2D eigenvalue weighted by Crippen LogP contribution is 2.34. The summed E-state index contributed by atoms with van der Waals surface area (Å²) >= 11 is 3.35. The van der Waals surface area contributed by atoms with Gasteiger partial charge >= 0.3 is 0 Å². The SMILES string of the molecule is C=Cc1cc(F)c(N2CC(Br)=C(OCc3ccc(F)cc3F)C=C2C)c(F)c1. The van der Waals surface area contributed by atoms with Crippen molar-refractivity contribution in [1.82, 2.24) is 0 Å². The molecule has 28 heavy (non-hydrogen) atoms. The summed E-state index contributed by atoms with van der Waals surface area (Å²) in [7, 11) is 0. The third-order valence-electron chi connectivity index (χ3n) is 4.27. The fourth-order valence-corrected chi connectivity index (χ4v) is 3.30. The van der Waals surface area contributed by atoms with E-state index in [0.29, 0.717) is 21.5 Å². The molecule has 2 aromatic rings. The first-order valence-electron chi connectivity index (χ1n) is 8.33. The lowest BCUT2D eigenvalue weighted by atomic mass is 10.1. The van der Waals surface area contributed by atoms with Crippen molar-refractivity contribution in [3.8, 4) is 0 Å². The molecule has 146 valence electrons. The second kappa shape index (κ2) is 8.22. The summed E-state index contributed by atoms with van der Waals surface area (Å²) in [6.07, 6.45) is 2.96. The van der Waals surface area contributed by atoms with E-state index in [0.717, 1.165) is 12.1 Å². The summed E-state index contributed by atoms with van der Waals surface area (Å²) in [6, 6.07) is 5.65. The molecule has 0 aromatic heterocycles. The first kappa shape index (κ1) is 20.2. The summed E-state index contributed by atoms with van der Waals surface area (Å²) < 4.78 is 61.8. The summed E-state index contributed by atoms with van der Waals surface area (Å²) in [4.78, 5) is 1.47. The average molecular weight is 454 g/mol. The Balaban J connectivity index is 1.81. The third-order valence-corrected chi connectivity index (χ3v) is 4.91. The highest BCUT2D eigenvalue weighted by Gasteiger charge is 2.24. The number of hydrogen-bond donors (Lipinski definition) is 0. The van der Waals surface area contributed by atoms with E-state index in [1.807, 2.05) is 0 Å². The van der Waals surface area contributed by atoms with E-state index >= 15 is 0 Å². The molecule has 0 spiro atoms. The topological polar surface area (TPSA) is 12.5 Å². The van der Waals surface area contributed by atoms with Gasteiger partial charge in [0, 0.05) is 23.4 Å². The van der Waals surface area contributed by atoms with E-state index in [4.69, 9.17) is 4.74 Å². The van der Waals surface area contributed by atoms with Crippen LogP contribution in [0.25, 0.3) is 6.08 Å². The highest BCUT2D eigenvalue weighted by atomic mass is 79.9. The van der Waals surface area contributed by atoms with Crippen molar-refractivity contribution in [2.45, 2.75) is 13.5 Å². The number of nitrogens with zero attached hydrogens (tertiary/aromatic N) is 1. The Morgan fingerprint density at radius 2 is 1.79 bits per heavy atom. The Hall–Kier alpha value is -2.54. The van der Waals surface area contributed by atoms with Gasteiger partial charge in [0.15, 0.2) is 0 Å². The minimum absolute atomic E-state index is 0.114. The van der Waals surface area contributed by atoms with Crippen molar-refractivity contribution in [2.75, 3.05) is 11.4 Å². The Morgan fingerprint density at radius 1 is 1.11 bits per heavy atom. The monoisotopic (exact) mass is 453 g/mol. The van der Waals surface area contributed by atoms with Crippen molar-refractivity contribution in [3.63, 3.8) is 0 Å². The standard InChI is InChI=1S/C21H16BrF4NO/c1-3-13-7-18(25)21(19(26)8-13)27-10-16(22)20(6-12(27)2)28-11-14-4-5-15(23)9-17(14)24/h3-9H,1,10-11H2,2H3. The highest BCUT2D eigenvalue weighted by molar-refractivity contribution is 9.11. The fraction of sp³-hybridized carbons (Fsp3) is 0.143. The Bertz CT molecular complexity index is 977. The van der Waals surface area contributed by atoms with Gasteiger partial charge < -0.3 is 9.64 Å². The molecule has 0 saturated heterocycles. The number of halogens is 5. The van der Waals surface area contributed by atoms with Crippen LogP contribution in [0, 0.1) is 23.3 Å². The fourth-order valence-electron chi connectivity index (χ4n) is 2.82. The molecule has 0 atom stereocenters. The average Bonchev–Trinajstić information content (AvgIpc) is 2.63. The maximum Gasteiger partial charge on any atom is 0.150 e. The summed E-state index contributed by atoms with van der Waals surface area (Å²) in [6.45, 7) is 5.21. The van der Waals surface area contributed by atoms with E-state index in [9.17, 15) is 17.6 Å². The maximum absolute atomic E-state index is 14.4. The molecular formula is C21H16BrF4NO. The van der Waals surface area contributed by atoms with Gasteiger partial charge in [-0.25, -0.2) is 17.6 Å². The second-order valence-electron chi connectivity index (χ2n) is 6.20. The van der Waals surface area contributed by atoms with Crippen LogP contribution in [0.5, 0.6) is 0 Å². The summed E-state index contributed by atoms with van der Waals surface area (Å²) in [5.41, 5.74) is 0.902. The first-order valence-corrected chi connectivity index (χ1v) is 9.12. The minimum atomic E-state index is -0.708. The number of hydrogen-bond acceptors (Lipinski definition) is 2. The van der Waals surface area contributed by atoms with E-state index < -0.39 is 23.3 Å². The predicted molar refractivity (Wildman–Crippen MR) is 105 cm³/mol. The van der Waals surface area contributed by atoms with Crippen LogP contribution in [0.1, 0.15) is 18.1 Å². The lowest BCUT2D eigenvalue weighted by Crippen LogP contribution is -2.28. The molecular weight excluding hydrogens is 438 g/mol. The zero-order valence-electron chi connectivity index (χ0n) is 14.9. The molecule has 0 unspecified atom stereocenters. The molecule has 0 saturated carbocycles. The van der Waals surface area contributed by atoms with Gasteiger partial charge in [0.05, 0.1) is 11.0 Å². The van der Waals surface area contributed by atoms with Crippen LogP contribution < -0.4 is 4.90 Å². The molecule has 0 N–H and O–H groups in total. The van der Waals surface area contributed by atoms with Gasteiger partial charge in [0.1, 0.15) is 41.3 Å². The van der Waals surface area contributed by atoms with E-state index in [-0.39, 0.29) is 24.4 Å². The second-order valence-corrected chi connectivity index (χ2v) is 7.16. The van der Waals surface area contributed by atoms with Crippen LogP contribution in [-0.4, -0.2) is 6.54 Å². The summed E-state index contributed by atoms with van der Waals surface area (Å²) in [5, 5.41) is 0. The maximum atomic E-state index is 14.4. The zero-order chi connectivity index (χ0) is 20.4. The molecule has 0 aliphatic carbocycles. The minimum Gasteiger partial charge on any atom is -0.488 e. The molecule has 2 nitrogen and oxygen atoms in total. The van der Waals surface area contributed by atoms with Gasteiger partial charge in [-0.15, -0.1) is 0 Å². The molecule has 0 bridgehead atoms. The Kier molecular flexibility index (Phi) is 5.93. The molecule has 1 heterocycles. The molecule has 0 radical (unpaired) electrons.